The van der Waals surface area contributed by atoms with Crippen molar-refractivity contribution in [1.82, 2.24) is 24.5 Å². The number of nitrogens with zero attached hydrogens (tertiary/aromatic N) is 5. The van der Waals surface area contributed by atoms with E-state index in [1.165, 1.54) is 78.2 Å². The van der Waals surface area contributed by atoms with Crippen molar-refractivity contribution in [3.8, 4) is 0 Å². The van der Waals surface area contributed by atoms with Gasteiger partial charge in [0.05, 0.1) is 36.3 Å². The number of hydrogen-bond acceptors (Lipinski definition) is 14. The zero-order valence-corrected chi connectivity index (χ0v) is 31.9. The highest BCUT2D eigenvalue weighted by Gasteiger charge is 2.24. The van der Waals surface area contributed by atoms with Gasteiger partial charge in [0.15, 0.2) is 0 Å². The monoisotopic (exact) mass is 757 g/mol. The van der Waals surface area contributed by atoms with E-state index in [2.05, 4.69) is 0 Å². The van der Waals surface area contributed by atoms with Crippen molar-refractivity contribution in [3.05, 3.63) is 34.9 Å². The van der Waals surface area contributed by atoms with Crippen LogP contribution in [0.2, 0.25) is 0 Å². The maximum atomic E-state index is 13.3. The average Bonchev–Trinajstić information content (AvgIpc) is 3.15. The Hall–Kier alpha value is -4.56. The van der Waals surface area contributed by atoms with E-state index in [-0.39, 0.29) is 102 Å². The molecular formula is C34H55N5O14. The Morgan fingerprint density at radius 2 is 0.792 bits per heavy atom. The standard InChI is InChI=1S/C34H55N5O14/c1-8-10-36(23-47-4)33(44)38(25-49-6)13-16-52-31(42)28-18-27(30(41)51-15-12-35(21-40)22-46-3)19-29(20-28)32(43)53-17-14-39(26-50-7)34(45)37(11-9-2)24-48-5/h18-21H,8-17,22-26H2,1-7H3. The van der Waals surface area contributed by atoms with E-state index in [1.807, 2.05) is 13.8 Å². The molecule has 0 aliphatic carbocycles. The minimum Gasteiger partial charge on any atom is -0.460 e. The number of esters is 3. The fraction of sp³-hybridized carbons (Fsp3) is 0.647. The Morgan fingerprint density at radius 1 is 0.491 bits per heavy atom. The molecule has 1 rings (SSSR count). The summed E-state index contributed by atoms with van der Waals surface area (Å²) in [5.74, 6) is -2.70. The largest absolute Gasteiger partial charge is 0.460 e. The lowest BCUT2D eigenvalue weighted by Gasteiger charge is -2.29. The minimum absolute atomic E-state index is 0.0211. The number of rotatable bonds is 27. The number of carbonyl (C=O) groups excluding carboxylic acids is 6. The second-order valence-corrected chi connectivity index (χ2v) is 11.3. The van der Waals surface area contributed by atoms with Crippen LogP contribution in [0.1, 0.15) is 57.8 Å². The lowest BCUT2D eigenvalue weighted by Crippen LogP contribution is -2.46. The molecule has 19 heteroatoms. The molecule has 0 aliphatic heterocycles. The maximum absolute atomic E-state index is 13.3. The third-order valence-electron chi connectivity index (χ3n) is 7.09. The van der Waals surface area contributed by atoms with Crippen LogP contribution in [0.3, 0.4) is 0 Å². The second-order valence-electron chi connectivity index (χ2n) is 11.3. The van der Waals surface area contributed by atoms with Crippen LogP contribution in [0.4, 0.5) is 9.59 Å². The van der Waals surface area contributed by atoms with Crippen molar-refractivity contribution < 1.29 is 66.7 Å². The molecule has 0 heterocycles. The maximum Gasteiger partial charge on any atom is 0.338 e. The third kappa shape index (κ3) is 16.8. The van der Waals surface area contributed by atoms with Crippen molar-refractivity contribution in [2.45, 2.75) is 26.7 Å². The van der Waals surface area contributed by atoms with Gasteiger partial charge in [0.2, 0.25) is 6.41 Å². The Balaban J connectivity index is 3.21. The fourth-order valence-electron chi connectivity index (χ4n) is 4.72. The van der Waals surface area contributed by atoms with E-state index in [0.717, 1.165) is 0 Å². The number of carbonyl (C=O) groups is 6. The summed E-state index contributed by atoms with van der Waals surface area (Å²) in [7, 11) is 7.17. The number of benzene rings is 1. The molecule has 0 fully saturated rings. The van der Waals surface area contributed by atoms with Crippen molar-refractivity contribution in [1.29, 1.82) is 0 Å². The molecule has 0 bridgehead atoms. The molecule has 0 atom stereocenters. The zero-order chi connectivity index (χ0) is 39.6. The Morgan fingerprint density at radius 3 is 1.08 bits per heavy atom. The van der Waals surface area contributed by atoms with Crippen LogP contribution in [-0.4, -0.2) is 183 Å². The fourth-order valence-corrected chi connectivity index (χ4v) is 4.72. The molecule has 0 spiro atoms. The summed E-state index contributed by atoms with van der Waals surface area (Å²) >= 11 is 0. The van der Waals surface area contributed by atoms with E-state index in [9.17, 15) is 28.8 Å². The van der Waals surface area contributed by atoms with Crippen LogP contribution in [0.5, 0.6) is 0 Å². The highest BCUT2D eigenvalue weighted by atomic mass is 16.5. The van der Waals surface area contributed by atoms with Gasteiger partial charge in [0.1, 0.15) is 53.5 Å². The predicted octanol–water partition coefficient (Wildman–Crippen LogP) is 1.90. The van der Waals surface area contributed by atoms with Gasteiger partial charge in [0.25, 0.3) is 0 Å². The topological polar surface area (TPSA) is 192 Å². The van der Waals surface area contributed by atoms with Gasteiger partial charge in [-0.05, 0) is 31.0 Å². The second kappa shape index (κ2) is 27.1. The molecule has 300 valence electrons. The van der Waals surface area contributed by atoms with Crippen molar-refractivity contribution >= 4 is 36.4 Å². The van der Waals surface area contributed by atoms with Crippen molar-refractivity contribution in [2.75, 3.05) is 122 Å². The summed E-state index contributed by atoms with van der Waals surface area (Å²) in [5, 5.41) is 0. The van der Waals surface area contributed by atoms with Crippen LogP contribution in [-0.2, 0) is 42.7 Å². The molecule has 0 N–H and O–H groups in total. The smallest absolute Gasteiger partial charge is 0.338 e. The SMILES string of the molecule is CCCN(COC)C(=O)N(CCOC(=O)c1cc(C(=O)OCCN(C=O)COC)cc(C(=O)OCCN(COC)C(=O)N(CCC)COC)c1)COC. The lowest BCUT2D eigenvalue weighted by atomic mass is 10.1. The molecule has 5 amide bonds. The molecular weight excluding hydrogens is 702 g/mol. The lowest BCUT2D eigenvalue weighted by molar-refractivity contribution is -0.123. The van der Waals surface area contributed by atoms with Crippen molar-refractivity contribution in [2.24, 2.45) is 0 Å². The molecule has 53 heavy (non-hydrogen) atoms. The molecule has 0 radical (unpaired) electrons. The summed E-state index contributed by atoms with van der Waals surface area (Å²) in [6.45, 7) is 3.84. The molecule has 0 saturated heterocycles. The summed E-state index contributed by atoms with van der Waals surface area (Å²) in [6.07, 6.45) is 1.90. The van der Waals surface area contributed by atoms with Gasteiger partial charge in [-0.3, -0.25) is 14.6 Å². The van der Waals surface area contributed by atoms with Gasteiger partial charge in [0, 0.05) is 48.6 Å². The van der Waals surface area contributed by atoms with Crippen molar-refractivity contribution in [3.63, 3.8) is 0 Å². The Kier molecular flexibility index (Phi) is 23.8. The average molecular weight is 758 g/mol. The molecule has 0 aliphatic rings. The summed E-state index contributed by atoms with van der Waals surface area (Å²) in [4.78, 5) is 83.7. The van der Waals surface area contributed by atoms with Crippen LogP contribution in [0.15, 0.2) is 18.2 Å². The molecule has 19 nitrogen and oxygen atoms in total. The summed E-state index contributed by atoms with van der Waals surface area (Å²) in [5.41, 5.74) is -0.529. The van der Waals surface area contributed by atoms with Crippen LogP contribution in [0.25, 0.3) is 0 Å². The molecule has 1 aromatic carbocycles. The van der Waals surface area contributed by atoms with E-state index < -0.39 is 17.9 Å². The number of methoxy groups -OCH3 is 5. The van der Waals surface area contributed by atoms with Gasteiger partial charge >= 0.3 is 30.0 Å². The van der Waals surface area contributed by atoms with Crippen LogP contribution < -0.4 is 0 Å². The van der Waals surface area contributed by atoms with Crippen LogP contribution >= 0.6 is 0 Å². The quantitative estimate of drug-likeness (QED) is 0.0547. The van der Waals surface area contributed by atoms with E-state index in [4.69, 9.17) is 37.9 Å². The normalized spacial score (nSPS) is 10.6. The molecule has 0 aromatic heterocycles. The molecule has 0 unspecified atom stereocenters. The van der Waals surface area contributed by atoms with E-state index in [0.29, 0.717) is 32.3 Å². The summed E-state index contributed by atoms with van der Waals surface area (Å²) in [6, 6.07) is 2.79. The number of amides is 5. The number of urea groups is 2. The van der Waals surface area contributed by atoms with Gasteiger partial charge in [-0.2, -0.15) is 0 Å². The van der Waals surface area contributed by atoms with Gasteiger partial charge in [-0.1, -0.05) is 13.8 Å². The highest BCUT2D eigenvalue weighted by Crippen LogP contribution is 2.15. The first-order chi connectivity index (χ1) is 25.5. The first kappa shape index (κ1) is 46.5. The van der Waals surface area contributed by atoms with Gasteiger partial charge in [-0.25, -0.2) is 24.0 Å². The minimum atomic E-state index is -0.904. The first-order valence-electron chi connectivity index (χ1n) is 16.9. The van der Waals surface area contributed by atoms with Gasteiger partial charge in [-0.15, -0.1) is 0 Å². The number of ether oxygens (including phenoxy) is 8. The zero-order valence-electron chi connectivity index (χ0n) is 31.9. The first-order valence-corrected chi connectivity index (χ1v) is 16.9. The summed E-state index contributed by atoms with van der Waals surface area (Å²) < 4.78 is 41.6. The Bertz CT molecular complexity index is 1200. The van der Waals surface area contributed by atoms with E-state index >= 15 is 0 Å². The third-order valence-corrected chi connectivity index (χ3v) is 7.09. The van der Waals surface area contributed by atoms with Crippen LogP contribution in [0, 0.1) is 0 Å². The molecule has 0 saturated carbocycles. The highest BCUT2D eigenvalue weighted by molar-refractivity contribution is 6.00. The molecule has 1 aromatic rings. The van der Waals surface area contributed by atoms with Gasteiger partial charge < -0.3 is 52.6 Å². The number of hydrogen-bond donors (Lipinski definition) is 0. The predicted molar refractivity (Wildman–Crippen MR) is 188 cm³/mol. The Labute approximate surface area is 310 Å². The van der Waals surface area contributed by atoms with E-state index in [1.54, 1.807) is 0 Å².